The molecule has 2 aromatic rings. The van der Waals surface area contributed by atoms with E-state index in [-0.39, 0.29) is 11.3 Å². The predicted octanol–water partition coefficient (Wildman–Crippen LogP) is 1.29. The van der Waals surface area contributed by atoms with Crippen LogP contribution in [0.2, 0.25) is 5.02 Å². The van der Waals surface area contributed by atoms with E-state index in [4.69, 9.17) is 17.4 Å². The van der Waals surface area contributed by atoms with Crippen molar-refractivity contribution >= 4 is 11.6 Å². The Balaban J connectivity index is 2.70. The van der Waals surface area contributed by atoms with Gasteiger partial charge in [-0.3, -0.25) is 4.79 Å². The van der Waals surface area contributed by atoms with Gasteiger partial charge < -0.3 is 5.84 Å². The molecule has 0 bridgehead atoms. The van der Waals surface area contributed by atoms with Gasteiger partial charge in [0.1, 0.15) is 0 Å². The van der Waals surface area contributed by atoms with Crippen LogP contribution in [0.25, 0.3) is 11.3 Å². The molecule has 6 heteroatoms. The minimum atomic E-state index is -0.372. The van der Waals surface area contributed by atoms with Gasteiger partial charge in [-0.2, -0.15) is 0 Å². The highest BCUT2D eigenvalue weighted by atomic mass is 35.5. The Morgan fingerprint density at radius 2 is 2.00 bits per heavy atom. The molecule has 1 aromatic heterocycles. The van der Waals surface area contributed by atoms with Crippen LogP contribution in [0.1, 0.15) is 11.4 Å². The van der Waals surface area contributed by atoms with Gasteiger partial charge in [0.2, 0.25) is 0 Å². The number of benzene rings is 1. The quantitative estimate of drug-likeness (QED) is 0.774. The maximum Gasteiger partial charge on any atom is 0.298 e. The lowest BCUT2D eigenvalue weighted by molar-refractivity contribution is 0.773. The van der Waals surface area contributed by atoms with Crippen LogP contribution in [0, 0.1) is 13.8 Å². The first-order chi connectivity index (χ1) is 8.00. The van der Waals surface area contributed by atoms with Gasteiger partial charge in [0.15, 0.2) is 11.5 Å². The van der Waals surface area contributed by atoms with E-state index in [0.717, 1.165) is 10.2 Å². The van der Waals surface area contributed by atoms with Crippen LogP contribution in [0.5, 0.6) is 0 Å². The number of nitrogens with zero attached hydrogens (tertiary/aromatic N) is 3. The third-order valence-corrected chi connectivity index (χ3v) is 2.74. The largest absolute Gasteiger partial charge is 0.335 e. The Hall–Kier alpha value is -1.88. The van der Waals surface area contributed by atoms with E-state index in [1.165, 1.54) is 0 Å². The number of halogens is 1. The van der Waals surface area contributed by atoms with Gasteiger partial charge >= 0.3 is 0 Å². The van der Waals surface area contributed by atoms with E-state index in [1.807, 2.05) is 6.92 Å². The van der Waals surface area contributed by atoms with Crippen LogP contribution in [-0.2, 0) is 0 Å². The van der Waals surface area contributed by atoms with Crippen molar-refractivity contribution in [2.45, 2.75) is 13.8 Å². The predicted molar refractivity (Wildman–Crippen MR) is 66.4 cm³/mol. The Bertz CT molecular complexity index is 636. The lowest BCUT2D eigenvalue weighted by atomic mass is 10.1. The second kappa shape index (κ2) is 4.18. The molecule has 2 N–H and O–H groups in total. The van der Waals surface area contributed by atoms with Gasteiger partial charge in [0.05, 0.1) is 0 Å². The number of aromatic nitrogens is 3. The summed E-state index contributed by atoms with van der Waals surface area (Å²) in [6.07, 6.45) is 0. The first kappa shape index (κ1) is 11.6. The average molecular weight is 251 g/mol. The van der Waals surface area contributed by atoms with E-state index < -0.39 is 0 Å². The summed E-state index contributed by atoms with van der Waals surface area (Å²) >= 11 is 5.86. The first-order valence-electron chi connectivity index (χ1n) is 4.98. The van der Waals surface area contributed by atoms with Gasteiger partial charge in [-0.25, -0.2) is 4.68 Å². The van der Waals surface area contributed by atoms with Crippen LogP contribution in [0.3, 0.4) is 0 Å². The third-order valence-electron chi connectivity index (χ3n) is 2.51. The topological polar surface area (TPSA) is 73.8 Å². The minimum absolute atomic E-state index is 0.229. The molecule has 0 fully saturated rings. The maximum absolute atomic E-state index is 11.9. The van der Waals surface area contributed by atoms with Crippen molar-refractivity contribution in [2.75, 3.05) is 5.84 Å². The summed E-state index contributed by atoms with van der Waals surface area (Å²) < 4.78 is 0.983. The molecule has 0 unspecified atom stereocenters. The number of hydrogen-bond donors (Lipinski definition) is 1. The Morgan fingerprint density at radius 1 is 1.29 bits per heavy atom. The zero-order valence-electron chi connectivity index (χ0n) is 9.44. The Morgan fingerprint density at radius 3 is 2.65 bits per heavy atom. The highest BCUT2D eigenvalue weighted by Crippen LogP contribution is 2.21. The van der Waals surface area contributed by atoms with E-state index >= 15 is 0 Å². The molecule has 0 spiro atoms. The SMILES string of the molecule is Cc1cc(Cl)ccc1-c1nnc(C)n(N)c1=O. The Labute approximate surface area is 103 Å². The highest BCUT2D eigenvalue weighted by Gasteiger charge is 2.12. The van der Waals surface area contributed by atoms with Crippen LogP contribution < -0.4 is 11.4 Å². The first-order valence-corrected chi connectivity index (χ1v) is 5.36. The highest BCUT2D eigenvalue weighted by molar-refractivity contribution is 6.30. The molecule has 0 atom stereocenters. The van der Waals surface area contributed by atoms with Crippen LogP contribution in [-0.4, -0.2) is 14.9 Å². The van der Waals surface area contributed by atoms with Crippen molar-refractivity contribution in [3.63, 3.8) is 0 Å². The zero-order chi connectivity index (χ0) is 12.6. The zero-order valence-corrected chi connectivity index (χ0v) is 10.2. The second-order valence-electron chi connectivity index (χ2n) is 3.73. The summed E-state index contributed by atoms with van der Waals surface area (Å²) in [7, 11) is 0. The van der Waals surface area contributed by atoms with Crippen molar-refractivity contribution in [1.82, 2.24) is 14.9 Å². The molecule has 0 aliphatic rings. The van der Waals surface area contributed by atoms with Crippen LogP contribution in [0.4, 0.5) is 0 Å². The summed E-state index contributed by atoms with van der Waals surface area (Å²) in [5, 5.41) is 8.34. The molecular formula is C11H11ClN4O. The number of nitrogen functional groups attached to an aromatic ring is 1. The fraction of sp³-hybridized carbons (Fsp3) is 0.182. The number of hydrogen-bond acceptors (Lipinski definition) is 4. The minimum Gasteiger partial charge on any atom is -0.335 e. The van der Waals surface area contributed by atoms with Gasteiger partial charge in [-0.15, -0.1) is 10.2 Å². The molecule has 0 radical (unpaired) electrons. The second-order valence-corrected chi connectivity index (χ2v) is 4.17. The molecule has 0 saturated heterocycles. The van der Waals surface area contributed by atoms with Crippen molar-refractivity contribution < 1.29 is 0 Å². The van der Waals surface area contributed by atoms with Gasteiger partial charge in [0.25, 0.3) is 5.56 Å². The van der Waals surface area contributed by atoms with Crippen LogP contribution in [0.15, 0.2) is 23.0 Å². The summed E-state index contributed by atoms with van der Waals surface area (Å²) in [5.41, 5.74) is 1.40. The fourth-order valence-corrected chi connectivity index (χ4v) is 1.76. The smallest absolute Gasteiger partial charge is 0.298 e. The van der Waals surface area contributed by atoms with E-state index in [9.17, 15) is 4.79 Å². The average Bonchev–Trinajstić information content (AvgIpc) is 2.28. The molecule has 2 rings (SSSR count). The molecule has 5 nitrogen and oxygen atoms in total. The van der Waals surface area contributed by atoms with Crippen LogP contribution >= 0.6 is 11.6 Å². The molecule has 1 aromatic carbocycles. The van der Waals surface area contributed by atoms with E-state index in [0.29, 0.717) is 16.4 Å². The summed E-state index contributed by atoms with van der Waals surface area (Å²) in [6, 6.07) is 5.20. The summed E-state index contributed by atoms with van der Waals surface area (Å²) in [4.78, 5) is 11.9. The standard InChI is InChI=1S/C11H11ClN4O/c1-6-5-8(12)3-4-9(6)10-11(17)16(13)7(2)14-15-10/h3-5H,13H2,1-2H3. The van der Waals surface area contributed by atoms with Crippen molar-refractivity contribution in [2.24, 2.45) is 0 Å². The third kappa shape index (κ3) is 2.01. The number of rotatable bonds is 1. The fourth-order valence-electron chi connectivity index (χ4n) is 1.54. The van der Waals surface area contributed by atoms with E-state index in [1.54, 1.807) is 25.1 Å². The molecule has 0 aliphatic heterocycles. The van der Waals surface area contributed by atoms with Gasteiger partial charge in [-0.1, -0.05) is 17.7 Å². The molecule has 88 valence electrons. The number of nitrogens with two attached hydrogens (primary N) is 1. The molecule has 1 heterocycles. The lowest BCUT2D eigenvalue weighted by Crippen LogP contribution is -2.32. The molecule has 0 aliphatic carbocycles. The molecule has 17 heavy (non-hydrogen) atoms. The van der Waals surface area contributed by atoms with Crippen molar-refractivity contribution in [1.29, 1.82) is 0 Å². The van der Waals surface area contributed by atoms with Crippen molar-refractivity contribution in [3.05, 3.63) is 45.0 Å². The normalized spacial score (nSPS) is 10.5. The monoisotopic (exact) mass is 250 g/mol. The summed E-state index contributed by atoms with van der Waals surface area (Å²) in [6.45, 7) is 3.47. The molecule has 0 saturated carbocycles. The van der Waals surface area contributed by atoms with Gasteiger partial charge in [0, 0.05) is 10.6 Å². The van der Waals surface area contributed by atoms with E-state index in [2.05, 4.69) is 10.2 Å². The molecule has 0 amide bonds. The molecular weight excluding hydrogens is 240 g/mol. The summed E-state index contributed by atoms with van der Waals surface area (Å²) in [5.74, 6) is 5.94. The maximum atomic E-state index is 11.9. The Kier molecular flexibility index (Phi) is 2.85. The van der Waals surface area contributed by atoms with Crippen molar-refractivity contribution in [3.8, 4) is 11.3 Å². The van der Waals surface area contributed by atoms with Gasteiger partial charge in [-0.05, 0) is 31.5 Å². The lowest BCUT2D eigenvalue weighted by Gasteiger charge is -2.07. The number of aryl methyl sites for hydroxylation is 2.